The van der Waals surface area contributed by atoms with Gasteiger partial charge >= 0.3 is 5.69 Å². The van der Waals surface area contributed by atoms with Gasteiger partial charge in [0.05, 0.1) is 25.3 Å². The van der Waals surface area contributed by atoms with Crippen LogP contribution in [0.1, 0.15) is 16.7 Å². The summed E-state index contributed by atoms with van der Waals surface area (Å²) in [6.07, 6.45) is 0. The molecule has 0 radical (unpaired) electrons. The molecule has 5 heteroatoms. The molecule has 20 heavy (non-hydrogen) atoms. The van der Waals surface area contributed by atoms with E-state index < -0.39 is 0 Å². The molecule has 0 atom stereocenters. The van der Waals surface area contributed by atoms with E-state index in [0.717, 1.165) is 15.9 Å². The van der Waals surface area contributed by atoms with Crippen molar-refractivity contribution in [1.82, 2.24) is 9.13 Å². The Labute approximate surface area is 119 Å². The molecule has 0 bridgehead atoms. The summed E-state index contributed by atoms with van der Waals surface area (Å²) in [7, 11) is 1.83. The molecule has 0 spiro atoms. The van der Waals surface area contributed by atoms with Gasteiger partial charge in [0.25, 0.3) is 0 Å². The number of thiophene rings is 1. The normalized spacial score (nSPS) is 14.1. The first-order valence-corrected chi connectivity index (χ1v) is 7.43. The smallest absolute Gasteiger partial charge is 0.329 e. The minimum atomic E-state index is 0.0450. The zero-order valence-corrected chi connectivity index (χ0v) is 11.9. The number of benzene rings is 1. The molecule has 2 aromatic heterocycles. The van der Waals surface area contributed by atoms with Crippen molar-refractivity contribution in [2.24, 2.45) is 7.05 Å². The maximum atomic E-state index is 12.3. The molecule has 102 valence electrons. The van der Waals surface area contributed by atoms with Crippen molar-refractivity contribution in [1.29, 1.82) is 0 Å². The van der Waals surface area contributed by atoms with Crippen LogP contribution in [0.4, 0.5) is 0 Å². The molecule has 0 saturated carbocycles. The summed E-state index contributed by atoms with van der Waals surface area (Å²) < 4.78 is 8.99. The number of aryl methyl sites for hydroxylation is 1. The highest BCUT2D eigenvalue weighted by Gasteiger charge is 2.14. The first-order chi connectivity index (χ1) is 9.74. The molecule has 1 aliphatic heterocycles. The molecule has 4 nitrogen and oxygen atoms in total. The zero-order chi connectivity index (χ0) is 13.7. The number of hydrogen-bond acceptors (Lipinski definition) is 3. The largest absolute Gasteiger partial charge is 0.372 e. The fourth-order valence-corrected chi connectivity index (χ4v) is 3.64. The second-order valence-corrected chi connectivity index (χ2v) is 6.03. The SMILES string of the molecule is Cn1c(=O)n(Cc2ccc3c(c2)COC3)c2ccsc21. The number of imidazole rings is 1. The first kappa shape index (κ1) is 11.9. The lowest BCUT2D eigenvalue weighted by Crippen LogP contribution is -2.22. The Morgan fingerprint density at radius 3 is 3.00 bits per heavy atom. The van der Waals surface area contributed by atoms with Crippen LogP contribution in [0.25, 0.3) is 10.3 Å². The molecule has 3 heterocycles. The van der Waals surface area contributed by atoms with Crippen molar-refractivity contribution < 1.29 is 4.74 Å². The van der Waals surface area contributed by atoms with Crippen LogP contribution in [0.5, 0.6) is 0 Å². The van der Waals surface area contributed by atoms with E-state index in [9.17, 15) is 4.79 Å². The van der Waals surface area contributed by atoms with Crippen LogP contribution in [0.15, 0.2) is 34.4 Å². The predicted octanol–water partition coefficient (Wildman–Crippen LogP) is 2.48. The maximum absolute atomic E-state index is 12.3. The van der Waals surface area contributed by atoms with Gasteiger partial charge in [0.15, 0.2) is 0 Å². The van der Waals surface area contributed by atoms with Gasteiger partial charge in [0, 0.05) is 7.05 Å². The van der Waals surface area contributed by atoms with Gasteiger partial charge in [-0.3, -0.25) is 9.13 Å². The Balaban J connectivity index is 1.79. The van der Waals surface area contributed by atoms with E-state index in [2.05, 4.69) is 18.2 Å². The van der Waals surface area contributed by atoms with Crippen LogP contribution in [0.3, 0.4) is 0 Å². The van der Waals surface area contributed by atoms with E-state index in [-0.39, 0.29) is 5.69 Å². The lowest BCUT2D eigenvalue weighted by Gasteiger charge is -2.05. The van der Waals surface area contributed by atoms with Gasteiger partial charge in [0.2, 0.25) is 0 Å². The standard InChI is InChI=1S/C15H14N2O2S/c1-16-14-13(4-5-20-14)17(15(16)18)7-10-2-3-11-8-19-9-12(11)6-10/h2-6H,7-9H2,1H3. The van der Waals surface area contributed by atoms with Crippen molar-refractivity contribution >= 4 is 21.7 Å². The third-order valence-electron chi connectivity index (χ3n) is 3.86. The summed E-state index contributed by atoms with van der Waals surface area (Å²) in [5.74, 6) is 0. The lowest BCUT2D eigenvalue weighted by molar-refractivity contribution is 0.134. The van der Waals surface area contributed by atoms with Gasteiger partial charge in [-0.05, 0) is 28.1 Å². The van der Waals surface area contributed by atoms with Crippen molar-refractivity contribution in [2.75, 3.05) is 0 Å². The average Bonchev–Trinajstić information content (AvgIpc) is 3.14. The van der Waals surface area contributed by atoms with Crippen LogP contribution < -0.4 is 5.69 Å². The number of ether oxygens (including phenoxy) is 1. The first-order valence-electron chi connectivity index (χ1n) is 6.55. The van der Waals surface area contributed by atoms with E-state index in [1.165, 1.54) is 11.1 Å². The molecule has 1 aromatic carbocycles. The Morgan fingerprint density at radius 1 is 1.25 bits per heavy atom. The minimum absolute atomic E-state index is 0.0450. The summed E-state index contributed by atoms with van der Waals surface area (Å²) in [5.41, 5.74) is 4.71. The van der Waals surface area contributed by atoms with Crippen molar-refractivity contribution in [3.05, 3.63) is 56.8 Å². The van der Waals surface area contributed by atoms with E-state index in [4.69, 9.17) is 4.74 Å². The molecular weight excluding hydrogens is 272 g/mol. The van der Waals surface area contributed by atoms with Crippen molar-refractivity contribution in [2.45, 2.75) is 19.8 Å². The number of hydrogen-bond donors (Lipinski definition) is 0. The molecule has 0 fully saturated rings. The number of nitrogens with zero attached hydrogens (tertiary/aromatic N) is 2. The van der Waals surface area contributed by atoms with Gasteiger partial charge in [0.1, 0.15) is 4.83 Å². The highest BCUT2D eigenvalue weighted by Crippen LogP contribution is 2.23. The molecule has 3 aromatic rings. The van der Waals surface area contributed by atoms with Gasteiger partial charge < -0.3 is 4.74 Å². The highest BCUT2D eigenvalue weighted by molar-refractivity contribution is 7.16. The second-order valence-electron chi connectivity index (χ2n) is 5.13. The average molecular weight is 286 g/mol. The fraction of sp³-hybridized carbons (Fsp3) is 0.267. The van der Waals surface area contributed by atoms with Crippen molar-refractivity contribution in [3.63, 3.8) is 0 Å². The van der Waals surface area contributed by atoms with Gasteiger partial charge in [-0.1, -0.05) is 18.2 Å². The summed E-state index contributed by atoms with van der Waals surface area (Å²) in [6.45, 7) is 2.00. The second kappa shape index (κ2) is 4.33. The van der Waals surface area contributed by atoms with Crippen LogP contribution in [0, 0.1) is 0 Å². The molecule has 0 amide bonds. The summed E-state index contributed by atoms with van der Waals surface area (Å²) >= 11 is 1.60. The van der Waals surface area contributed by atoms with E-state index >= 15 is 0 Å². The lowest BCUT2D eigenvalue weighted by atomic mass is 10.1. The molecule has 0 N–H and O–H groups in total. The quantitative estimate of drug-likeness (QED) is 0.725. The summed E-state index contributed by atoms with van der Waals surface area (Å²) in [4.78, 5) is 13.3. The summed E-state index contributed by atoms with van der Waals surface area (Å²) in [6, 6.07) is 8.36. The predicted molar refractivity (Wildman–Crippen MR) is 79.1 cm³/mol. The molecule has 0 saturated heterocycles. The van der Waals surface area contributed by atoms with Gasteiger partial charge in [-0.2, -0.15) is 0 Å². The molecule has 4 rings (SSSR count). The third kappa shape index (κ3) is 1.67. The molecule has 1 aliphatic rings. The topological polar surface area (TPSA) is 36.2 Å². The highest BCUT2D eigenvalue weighted by atomic mass is 32.1. The Bertz CT molecular complexity index is 857. The fourth-order valence-electron chi connectivity index (χ4n) is 2.78. The summed E-state index contributed by atoms with van der Waals surface area (Å²) in [5, 5.41) is 2.02. The van der Waals surface area contributed by atoms with E-state index in [1.807, 2.05) is 23.1 Å². The number of rotatable bonds is 2. The third-order valence-corrected chi connectivity index (χ3v) is 4.84. The monoisotopic (exact) mass is 286 g/mol. The number of fused-ring (bicyclic) bond motifs is 2. The minimum Gasteiger partial charge on any atom is -0.372 e. The van der Waals surface area contributed by atoms with Crippen LogP contribution in [-0.2, 0) is 31.5 Å². The molecule has 0 unspecified atom stereocenters. The van der Waals surface area contributed by atoms with Gasteiger partial charge in [-0.25, -0.2) is 4.79 Å². The zero-order valence-electron chi connectivity index (χ0n) is 11.1. The van der Waals surface area contributed by atoms with E-state index in [0.29, 0.717) is 19.8 Å². The van der Waals surface area contributed by atoms with E-state index in [1.54, 1.807) is 15.9 Å². The Kier molecular flexibility index (Phi) is 2.58. The van der Waals surface area contributed by atoms with Crippen LogP contribution >= 0.6 is 11.3 Å². The maximum Gasteiger partial charge on any atom is 0.329 e. The van der Waals surface area contributed by atoms with Gasteiger partial charge in [-0.15, -0.1) is 11.3 Å². The van der Waals surface area contributed by atoms with Crippen molar-refractivity contribution in [3.8, 4) is 0 Å². The van der Waals surface area contributed by atoms with Crippen LogP contribution in [0.2, 0.25) is 0 Å². The number of aromatic nitrogens is 2. The molecule has 0 aliphatic carbocycles. The Morgan fingerprint density at radius 2 is 2.10 bits per heavy atom. The Hall–Kier alpha value is -1.85. The molecular formula is C15H14N2O2S. The van der Waals surface area contributed by atoms with Crippen LogP contribution in [-0.4, -0.2) is 9.13 Å².